The molecule has 0 bridgehead atoms. The van der Waals surface area contributed by atoms with Crippen LogP contribution in [0.4, 0.5) is 0 Å². The van der Waals surface area contributed by atoms with E-state index < -0.39 is 21.0 Å². The number of hydrogen-bond acceptors (Lipinski definition) is 6. The van der Waals surface area contributed by atoms with Crippen LogP contribution in [0.5, 0.6) is 0 Å². The van der Waals surface area contributed by atoms with Gasteiger partial charge in [-0.15, -0.1) is 0 Å². The number of hydrogen-bond donors (Lipinski definition) is 0. The molecule has 3 aliphatic heterocycles. The average molecular weight is 388 g/mol. The van der Waals surface area contributed by atoms with Gasteiger partial charge in [0.2, 0.25) is 11.8 Å². The van der Waals surface area contributed by atoms with Crippen LogP contribution in [0.2, 0.25) is 0 Å². The fraction of sp³-hybridized carbons (Fsp3) is 0.882. The maximum atomic E-state index is 13.0. The minimum absolute atomic E-state index is 0.0274. The molecule has 148 valence electrons. The standard InChI is InChI=1S/C17H28N2O6S/c1-16(2,14(20)18(3)13-4-11-26(22,23)12-13)15(21)19-7-5-17(6-8-19)24-9-10-25-17/h13H,4-12H2,1-3H3. The molecule has 0 aromatic carbocycles. The van der Waals surface area contributed by atoms with Crippen LogP contribution >= 0.6 is 0 Å². The molecule has 2 amide bonds. The molecule has 1 spiro atoms. The molecule has 3 fully saturated rings. The van der Waals surface area contributed by atoms with E-state index in [0.717, 1.165) is 0 Å². The second-order valence-electron chi connectivity index (χ2n) is 8.00. The van der Waals surface area contributed by atoms with Gasteiger partial charge in [0.1, 0.15) is 5.41 Å². The van der Waals surface area contributed by atoms with Crippen molar-refractivity contribution in [2.75, 3.05) is 44.9 Å². The molecule has 0 aromatic heterocycles. The van der Waals surface area contributed by atoms with Gasteiger partial charge in [-0.25, -0.2) is 8.42 Å². The molecule has 0 radical (unpaired) electrons. The molecule has 26 heavy (non-hydrogen) atoms. The minimum atomic E-state index is -3.09. The highest BCUT2D eigenvalue weighted by Crippen LogP contribution is 2.33. The summed E-state index contributed by atoms with van der Waals surface area (Å²) in [5, 5.41) is 0. The van der Waals surface area contributed by atoms with Gasteiger partial charge in [-0.1, -0.05) is 0 Å². The molecule has 3 aliphatic rings. The van der Waals surface area contributed by atoms with Gasteiger partial charge in [0, 0.05) is 39.0 Å². The fourth-order valence-corrected chi connectivity index (χ4v) is 5.78. The van der Waals surface area contributed by atoms with Crippen molar-refractivity contribution >= 4 is 21.7 Å². The van der Waals surface area contributed by atoms with Gasteiger partial charge in [-0.05, 0) is 20.3 Å². The summed E-state index contributed by atoms with van der Waals surface area (Å²) in [6.45, 7) is 5.35. The zero-order chi connectivity index (χ0) is 19.2. The van der Waals surface area contributed by atoms with E-state index >= 15 is 0 Å². The summed E-state index contributed by atoms with van der Waals surface area (Å²) in [7, 11) is -1.50. The first-order valence-corrected chi connectivity index (χ1v) is 10.9. The third kappa shape index (κ3) is 3.61. The minimum Gasteiger partial charge on any atom is -0.347 e. The van der Waals surface area contributed by atoms with Crippen molar-refractivity contribution in [1.82, 2.24) is 9.80 Å². The molecule has 1 atom stereocenters. The maximum Gasteiger partial charge on any atom is 0.237 e. The lowest BCUT2D eigenvalue weighted by molar-refractivity contribution is -0.190. The number of nitrogens with zero attached hydrogens (tertiary/aromatic N) is 2. The average Bonchev–Trinajstić information content (AvgIpc) is 3.20. The molecule has 3 heterocycles. The van der Waals surface area contributed by atoms with Crippen LogP contribution in [0.15, 0.2) is 0 Å². The summed E-state index contributed by atoms with van der Waals surface area (Å²) in [5.74, 6) is -1.07. The lowest BCUT2D eigenvalue weighted by Gasteiger charge is -2.41. The van der Waals surface area contributed by atoms with Gasteiger partial charge < -0.3 is 19.3 Å². The van der Waals surface area contributed by atoms with Gasteiger partial charge in [0.05, 0.1) is 24.7 Å². The summed E-state index contributed by atoms with van der Waals surface area (Å²) < 4.78 is 34.7. The second-order valence-corrected chi connectivity index (χ2v) is 10.2. The van der Waals surface area contributed by atoms with E-state index in [9.17, 15) is 18.0 Å². The lowest BCUT2D eigenvalue weighted by Crippen LogP contribution is -2.55. The fourth-order valence-electron chi connectivity index (χ4n) is 4.01. The van der Waals surface area contributed by atoms with E-state index in [4.69, 9.17) is 9.47 Å². The van der Waals surface area contributed by atoms with Crippen LogP contribution in [0, 0.1) is 5.41 Å². The van der Waals surface area contributed by atoms with E-state index in [-0.39, 0.29) is 29.4 Å². The van der Waals surface area contributed by atoms with Crippen molar-refractivity contribution < 1.29 is 27.5 Å². The van der Waals surface area contributed by atoms with E-state index in [1.54, 1.807) is 25.8 Å². The number of ether oxygens (including phenoxy) is 2. The Hall–Kier alpha value is -1.19. The molecule has 0 N–H and O–H groups in total. The molecule has 3 saturated heterocycles. The van der Waals surface area contributed by atoms with Gasteiger partial charge in [-0.3, -0.25) is 9.59 Å². The van der Waals surface area contributed by atoms with E-state index in [2.05, 4.69) is 0 Å². The third-order valence-electron chi connectivity index (χ3n) is 5.77. The topological polar surface area (TPSA) is 93.2 Å². The van der Waals surface area contributed by atoms with Crippen LogP contribution in [0.25, 0.3) is 0 Å². The number of carbonyl (C=O) groups is 2. The first-order valence-electron chi connectivity index (χ1n) is 9.11. The van der Waals surface area contributed by atoms with Gasteiger partial charge in [0.15, 0.2) is 15.6 Å². The number of amides is 2. The monoisotopic (exact) mass is 388 g/mol. The smallest absolute Gasteiger partial charge is 0.237 e. The van der Waals surface area contributed by atoms with Crippen molar-refractivity contribution in [2.24, 2.45) is 5.41 Å². The van der Waals surface area contributed by atoms with Crippen LogP contribution < -0.4 is 0 Å². The molecular weight excluding hydrogens is 360 g/mol. The zero-order valence-electron chi connectivity index (χ0n) is 15.7. The van der Waals surface area contributed by atoms with Crippen molar-refractivity contribution in [3.63, 3.8) is 0 Å². The number of sulfone groups is 1. The number of likely N-dealkylation sites (tertiary alicyclic amines) is 1. The predicted molar refractivity (Wildman–Crippen MR) is 94.1 cm³/mol. The Morgan fingerprint density at radius 3 is 2.23 bits per heavy atom. The molecule has 8 nitrogen and oxygen atoms in total. The first kappa shape index (κ1) is 19.6. The largest absolute Gasteiger partial charge is 0.347 e. The number of carbonyl (C=O) groups excluding carboxylic acids is 2. The Bertz CT molecular complexity index is 673. The summed E-state index contributed by atoms with van der Waals surface area (Å²) in [5.41, 5.74) is -1.23. The molecule has 1 unspecified atom stereocenters. The lowest BCUT2D eigenvalue weighted by atomic mass is 9.88. The molecule has 9 heteroatoms. The summed E-state index contributed by atoms with van der Waals surface area (Å²) in [6, 6.07) is -0.357. The van der Waals surface area contributed by atoms with Crippen molar-refractivity contribution in [1.29, 1.82) is 0 Å². The predicted octanol–water partition coefficient (Wildman–Crippen LogP) is 0.0236. The maximum absolute atomic E-state index is 13.0. The van der Waals surface area contributed by atoms with Gasteiger partial charge >= 0.3 is 0 Å². The second kappa shape index (κ2) is 6.76. The van der Waals surface area contributed by atoms with Crippen LogP contribution in [-0.2, 0) is 28.9 Å². The summed E-state index contributed by atoms with van der Waals surface area (Å²) in [6.07, 6.45) is 1.62. The highest BCUT2D eigenvalue weighted by Gasteiger charge is 2.47. The molecular formula is C17H28N2O6S. The Labute approximate surface area is 154 Å². The van der Waals surface area contributed by atoms with E-state index in [1.807, 2.05) is 0 Å². The van der Waals surface area contributed by atoms with E-state index in [0.29, 0.717) is 45.6 Å². The zero-order valence-corrected chi connectivity index (χ0v) is 16.5. The Kier molecular flexibility index (Phi) is 5.09. The SMILES string of the molecule is CN(C(=O)C(C)(C)C(=O)N1CCC2(CC1)OCCO2)C1CCS(=O)(=O)C1. The van der Waals surface area contributed by atoms with E-state index in [1.165, 1.54) is 4.90 Å². The quantitative estimate of drug-likeness (QED) is 0.633. The van der Waals surface area contributed by atoms with Crippen LogP contribution in [0.1, 0.15) is 33.1 Å². The number of piperidine rings is 1. The highest BCUT2D eigenvalue weighted by molar-refractivity contribution is 7.91. The molecule has 0 saturated carbocycles. The van der Waals surface area contributed by atoms with Crippen molar-refractivity contribution in [3.05, 3.63) is 0 Å². The summed E-state index contributed by atoms with van der Waals surface area (Å²) in [4.78, 5) is 29.1. The normalized spacial score (nSPS) is 27.7. The highest BCUT2D eigenvalue weighted by atomic mass is 32.2. The van der Waals surface area contributed by atoms with Gasteiger partial charge in [0.25, 0.3) is 0 Å². The third-order valence-corrected chi connectivity index (χ3v) is 7.52. The molecule has 3 rings (SSSR count). The molecule has 0 aromatic rings. The Balaban J connectivity index is 1.63. The van der Waals surface area contributed by atoms with Crippen molar-refractivity contribution in [3.8, 4) is 0 Å². The Morgan fingerprint density at radius 1 is 1.15 bits per heavy atom. The summed E-state index contributed by atoms with van der Waals surface area (Å²) >= 11 is 0. The van der Waals surface area contributed by atoms with Crippen LogP contribution in [0.3, 0.4) is 0 Å². The molecule has 0 aliphatic carbocycles. The first-order chi connectivity index (χ1) is 12.1. The number of rotatable bonds is 3. The van der Waals surface area contributed by atoms with Crippen LogP contribution in [-0.4, -0.2) is 86.7 Å². The Morgan fingerprint density at radius 2 is 1.73 bits per heavy atom. The van der Waals surface area contributed by atoms with Crippen molar-refractivity contribution in [2.45, 2.75) is 44.9 Å². The van der Waals surface area contributed by atoms with Gasteiger partial charge in [-0.2, -0.15) is 0 Å².